The third-order valence-electron chi connectivity index (χ3n) is 5.87. The molecule has 1 fully saturated rings. The topological polar surface area (TPSA) is 41.5 Å². The summed E-state index contributed by atoms with van der Waals surface area (Å²) in [7, 11) is 0. The highest BCUT2D eigenvalue weighted by Gasteiger charge is 2.39. The lowest BCUT2D eigenvalue weighted by Gasteiger charge is -2.41. The fraction of sp³-hybridized carbons (Fsp3) is 0.308. The Hall–Kier alpha value is -2.46. The van der Waals surface area contributed by atoms with Gasteiger partial charge in [0.2, 0.25) is 0 Å². The van der Waals surface area contributed by atoms with Crippen LogP contribution in [-0.2, 0) is 10.3 Å². The first kappa shape index (κ1) is 19.8. The molecule has 3 heteroatoms. The molecule has 1 heterocycles. The minimum atomic E-state index is -0.594. The third-order valence-corrected chi connectivity index (χ3v) is 5.87. The number of hydrogen-bond acceptors (Lipinski definition) is 3. The predicted molar refractivity (Wildman–Crippen MR) is 118 cm³/mol. The number of rotatable bonds is 5. The van der Waals surface area contributed by atoms with Gasteiger partial charge in [-0.25, -0.2) is 0 Å². The fourth-order valence-corrected chi connectivity index (χ4v) is 4.41. The molecule has 2 unspecified atom stereocenters. The summed E-state index contributed by atoms with van der Waals surface area (Å²) in [6, 6.07) is 24.9. The van der Waals surface area contributed by atoms with Crippen LogP contribution in [0.2, 0.25) is 0 Å². The predicted octanol–water partition coefficient (Wildman–Crippen LogP) is 4.91. The molecular formula is C26H29NO2. The molecule has 2 N–H and O–H groups in total. The van der Waals surface area contributed by atoms with E-state index in [0.29, 0.717) is 19.6 Å². The summed E-state index contributed by atoms with van der Waals surface area (Å²) in [6.07, 6.45) is -0.0883. The van der Waals surface area contributed by atoms with Gasteiger partial charge in [-0.15, -0.1) is 0 Å². The molecule has 4 rings (SSSR count). The van der Waals surface area contributed by atoms with Gasteiger partial charge in [0.15, 0.2) is 0 Å². The molecule has 0 aromatic heterocycles. The molecule has 29 heavy (non-hydrogen) atoms. The summed E-state index contributed by atoms with van der Waals surface area (Å²) < 4.78 is 6.45. The van der Waals surface area contributed by atoms with Crippen LogP contribution < -0.4 is 5.32 Å². The van der Waals surface area contributed by atoms with Crippen molar-refractivity contribution in [3.8, 4) is 11.1 Å². The lowest BCUT2D eigenvalue weighted by atomic mass is 9.80. The van der Waals surface area contributed by atoms with Gasteiger partial charge in [-0.05, 0) is 41.7 Å². The fourth-order valence-electron chi connectivity index (χ4n) is 4.41. The van der Waals surface area contributed by atoms with Crippen molar-refractivity contribution in [2.75, 3.05) is 19.7 Å². The van der Waals surface area contributed by atoms with E-state index in [1.807, 2.05) is 30.3 Å². The van der Waals surface area contributed by atoms with E-state index >= 15 is 0 Å². The zero-order valence-electron chi connectivity index (χ0n) is 17.2. The van der Waals surface area contributed by atoms with Gasteiger partial charge in [0, 0.05) is 19.5 Å². The molecule has 0 radical (unpaired) electrons. The first-order valence-electron chi connectivity index (χ1n) is 10.3. The SMILES string of the molecule is Cc1ccc(-c2ccccc2C2(CC(O)c3ccccc3)CNCCO2)c(C)c1. The van der Waals surface area contributed by atoms with E-state index in [4.69, 9.17) is 4.74 Å². The maximum atomic E-state index is 11.0. The van der Waals surface area contributed by atoms with E-state index in [2.05, 4.69) is 61.6 Å². The first-order valence-corrected chi connectivity index (χ1v) is 10.3. The lowest BCUT2D eigenvalue weighted by Crippen LogP contribution is -2.48. The Balaban J connectivity index is 1.78. The van der Waals surface area contributed by atoms with E-state index in [1.165, 1.54) is 22.3 Å². The van der Waals surface area contributed by atoms with E-state index in [9.17, 15) is 5.11 Å². The number of ether oxygens (including phenoxy) is 1. The Labute approximate surface area is 173 Å². The van der Waals surface area contributed by atoms with Crippen molar-refractivity contribution in [3.63, 3.8) is 0 Å². The lowest BCUT2D eigenvalue weighted by molar-refractivity contribution is -0.0972. The van der Waals surface area contributed by atoms with Gasteiger partial charge in [-0.2, -0.15) is 0 Å². The van der Waals surface area contributed by atoms with Crippen LogP contribution in [-0.4, -0.2) is 24.8 Å². The van der Waals surface area contributed by atoms with E-state index in [1.54, 1.807) is 0 Å². The van der Waals surface area contributed by atoms with E-state index in [0.717, 1.165) is 17.7 Å². The minimum absolute atomic E-state index is 0.506. The average Bonchev–Trinajstić information content (AvgIpc) is 2.75. The van der Waals surface area contributed by atoms with Crippen molar-refractivity contribution in [3.05, 3.63) is 95.1 Å². The van der Waals surface area contributed by atoms with Crippen molar-refractivity contribution in [2.45, 2.75) is 32.0 Å². The normalized spacial score (nSPS) is 20.4. The van der Waals surface area contributed by atoms with Crippen molar-refractivity contribution in [1.82, 2.24) is 5.32 Å². The third kappa shape index (κ3) is 4.13. The van der Waals surface area contributed by atoms with E-state index < -0.39 is 11.7 Å². The molecule has 0 saturated carbocycles. The quantitative estimate of drug-likeness (QED) is 0.654. The summed E-state index contributed by atoms with van der Waals surface area (Å²) >= 11 is 0. The van der Waals surface area contributed by atoms with Gasteiger partial charge in [0.05, 0.1) is 12.7 Å². The molecule has 0 amide bonds. The highest BCUT2D eigenvalue weighted by Crippen LogP contribution is 2.41. The molecule has 3 aromatic carbocycles. The Morgan fingerprint density at radius 1 is 0.966 bits per heavy atom. The van der Waals surface area contributed by atoms with Gasteiger partial charge < -0.3 is 15.2 Å². The summed E-state index contributed by atoms with van der Waals surface area (Å²) in [4.78, 5) is 0. The zero-order valence-corrected chi connectivity index (χ0v) is 17.2. The van der Waals surface area contributed by atoms with Crippen LogP contribution in [0.5, 0.6) is 0 Å². The molecule has 0 aliphatic carbocycles. The molecule has 1 aliphatic heterocycles. The van der Waals surface area contributed by atoms with Gasteiger partial charge in [0.1, 0.15) is 5.60 Å². The highest BCUT2D eigenvalue weighted by molar-refractivity contribution is 5.72. The highest BCUT2D eigenvalue weighted by atomic mass is 16.5. The monoisotopic (exact) mass is 387 g/mol. The van der Waals surface area contributed by atoms with Crippen molar-refractivity contribution in [2.24, 2.45) is 0 Å². The summed E-state index contributed by atoms with van der Waals surface area (Å²) in [6.45, 7) is 6.41. The molecule has 2 atom stereocenters. The summed E-state index contributed by atoms with van der Waals surface area (Å²) in [5, 5.41) is 14.5. The van der Waals surface area contributed by atoms with E-state index in [-0.39, 0.29) is 0 Å². The van der Waals surface area contributed by atoms with Crippen molar-refractivity contribution in [1.29, 1.82) is 0 Å². The smallest absolute Gasteiger partial charge is 0.109 e. The van der Waals surface area contributed by atoms with Crippen LogP contribution in [0.25, 0.3) is 11.1 Å². The Kier molecular flexibility index (Phi) is 5.81. The molecular weight excluding hydrogens is 358 g/mol. The van der Waals surface area contributed by atoms with Crippen LogP contribution in [0.1, 0.15) is 34.8 Å². The second-order valence-corrected chi connectivity index (χ2v) is 8.01. The van der Waals surface area contributed by atoms with Crippen LogP contribution in [0.4, 0.5) is 0 Å². The summed E-state index contributed by atoms with van der Waals surface area (Å²) in [5.74, 6) is 0. The average molecular weight is 388 g/mol. The maximum Gasteiger partial charge on any atom is 0.109 e. The molecule has 1 saturated heterocycles. The van der Waals surface area contributed by atoms with Crippen molar-refractivity contribution >= 4 is 0 Å². The maximum absolute atomic E-state index is 11.0. The number of aliphatic hydroxyl groups excluding tert-OH is 1. The number of aryl methyl sites for hydroxylation is 2. The molecule has 0 bridgehead atoms. The summed E-state index contributed by atoms with van der Waals surface area (Å²) in [5.41, 5.74) is 6.37. The second-order valence-electron chi connectivity index (χ2n) is 8.01. The van der Waals surface area contributed by atoms with Crippen LogP contribution in [0.15, 0.2) is 72.8 Å². The Morgan fingerprint density at radius 2 is 1.72 bits per heavy atom. The number of morpholine rings is 1. The first-order chi connectivity index (χ1) is 14.1. The van der Waals surface area contributed by atoms with Gasteiger partial charge in [0.25, 0.3) is 0 Å². The van der Waals surface area contributed by atoms with Gasteiger partial charge >= 0.3 is 0 Å². The largest absolute Gasteiger partial charge is 0.388 e. The zero-order chi connectivity index (χ0) is 20.3. The number of benzene rings is 3. The standard InChI is InChI=1S/C26H29NO2/c1-19-12-13-22(20(2)16-19)23-10-6-7-11-24(23)26(18-27-14-15-29-26)17-25(28)21-8-4-3-5-9-21/h3-13,16,25,27-28H,14-15,17-18H2,1-2H3. The Morgan fingerprint density at radius 3 is 2.45 bits per heavy atom. The van der Waals surface area contributed by atoms with Crippen LogP contribution in [0, 0.1) is 13.8 Å². The number of hydrogen-bond donors (Lipinski definition) is 2. The minimum Gasteiger partial charge on any atom is -0.388 e. The second kappa shape index (κ2) is 8.50. The van der Waals surface area contributed by atoms with Crippen LogP contribution in [0.3, 0.4) is 0 Å². The number of nitrogens with one attached hydrogen (secondary N) is 1. The van der Waals surface area contributed by atoms with Crippen LogP contribution >= 0.6 is 0 Å². The van der Waals surface area contributed by atoms with Crippen molar-refractivity contribution < 1.29 is 9.84 Å². The molecule has 150 valence electrons. The van der Waals surface area contributed by atoms with Gasteiger partial charge in [-0.3, -0.25) is 0 Å². The number of aliphatic hydroxyl groups is 1. The Bertz CT molecular complexity index is 961. The van der Waals surface area contributed by atoms with Gasteiger partial charge in [-0.1, -0.05) is 78.4 Å². The molecule has 3 nitrogen and oxygen atoms in total. The molecule has 1 aliphatic rings. The molecule has 0 spiro atoms. The molecule has 3 aromatic rings.